The van der Waals surface area contributed by atoms with Crippen LogP contribution in [-0.2, 0) is 4.79 Å². The maximum atomic E-state index is 11.5. The molecule has 2 aromatic rings. The summed E-state index contributed by atoms with van der Waals surface area (Å²) in [5.41, 5.74) is 3.62. The van der Waals surface area contributed by atoms with E-state index in [-0.39, 0.29) is 0 Å². The standard InChI is InChI=1S/C13H14N4O3/c1-7-8(2)16-11-5-9(3-4-10(11)15-7)17-13(20)14-6-12(18)19/h3-5H,6H2,1-2H3,(H,18,19)(H2,14,17,20). The summed E-state index contributed by atoms with van der Waals surface area (Å²) < 4.78 is 0. The third-order valence-corrected chi connectivity index (χ3v) is 2.73. The largest absolute Gasteiger partial charge is 0.480 e. The number of nitrogens with one attached hydrogen (secondary N) is 2. The van der Waals surface area contributed by atoms with Crippen LogP contribution < -0.4 is 10.6 Å². The number of fused-ring (bicyclic) bond motifs is 1. The molecule has 0 spiro atoms. The van der Waals surface area contributed by atoms with E-state index in [1.807, 2.05) is 13.8 Å². The summed E-state index contributed by atoms with van der Waals surface area (Å²) in [7, 11) is 0. The number of nitrogens with zero attached hydrogens (tertiary/aromatic N) is 2. The SMILES string of the molecule is Cc1nc2ccc(NC(=O)NCC(=O)O)cc2nc1C. The summed E-state index contributed by atoms with van der Waals surface area (Å²) >= 11 is 0. The van der Waals surface area contributed by atoms with Crippen molar-refractivity contribution in [1.29, 1.82) is 0 Å². The fourth-order valence-corrected chi connectivity index (χ4v) is 1.64. The van der Waals surface area contributed by atoms with Crippen LogP contribution in [0.2, 0.25) is 0 Å². The Morgan fingerprint density at radius 3 is 2.45 bits per heavy atom. The highest BCUT2D eigenvalue weighted by atomic mass is 16.4. The molecule has 2 amide bonds. The third kappa shape index (κ3) is 3.19. The predicted octanol–water partition coefficient (Wildman–Crippen LogP) is 1.45. The molecule has 2 rings (SSSR count). The Kier molecular flexibility index (Phi) is 3.79. The first kappa shape index (κ1) is 13.7. The molecule has 0 radical (unpaired) electrons. The Hall–Kier alpha value is -2.70. The van der Waals surface area contributed by atoms with E-state index in [1.54, 1.807) is 18.2 Å². The van der Waals surface area contributed by atoms with Crippen molar-refractivity contribution in [2.75, 3.05) is 11.9 Å². The van der Waals surface area contributed by atoms with E-state index in [4.69, 9.17) is 5.11 Å². The summed E-state index contributed by atoms with van der Waals surface area (Å²) in [6.07, 6.45) is 0. The molecule has 3 N–H and O–H groups in total. The van der Waals surface area contributed by atoms with Crippen LogP contribution in [0.5, 0.6) is 0 Å². The molecule has 0 aliphatic rings. The van der Waals surface area contributed by atoms with Crippen molar-refractivity contribution in [2.24, 2.45) is 0 Å². The second-order valence-corrected chi connectivity index (χ2v) is 4.30. The van der Waals surface area contributed by atoms with E-state index >= 15 is 0 Å². The molecule has 20 heavy (non-hydrogen) atoms. The first-order valence-corrected chi connectivity index (χ1v) is 5.97. The van der Waals surface area contributed by atoms with E-state index < -0.39 is 18.5 Å². The summed E-state index contributed by atoms with van der Waals surface area (Å²) in [6.45, 7) is 3.31. The minimum atomic E-state index is -1.10. The van der Waals surface area contributed by atoms with Crippen LogP contribution >= 0.6 is 0 Å². The average molecular weight is 274 g/mol. The van der Waals surface area contributed by atoms with Gasteiger partial charge >= 0.3 is 12.0 Å². The fraction of sp³-hybridized carbons (Fsp3) is 0.231. The molecule has 0 aliphatic carbocycles. The van der Waals surface area contributed by atoms with Gasteiger partial charge in [0.05, 0.1) is 22.4 Å². The highest BCUT2D eigenvalue weighted by Gasteiger charge is 2.06. The van der Waals surface area contributed by atoms with Crippen molar-refractivity contribution in [3.63, 3.8) is 0 Å². The Labute approximate surface area is 115 Å². The lowest BCUT2D eigenvalue weighted by Crippen LogP contribution is -2.33. The van der Waals surface area contributed by atoms with Crippen LogP contribution in [0.25, 0.3) is 11.0 Å². The lowest BCUT2D eigenvalue weighted by molar-refractivity contribution is -0.135. The minimum Gasteiger partial charge on any atom is -0.480 e. The second kappa shape index (κ2) is 5.52. The van der Waals surface area contributed by atoms with Crippen molar-refractivity contribution in [2.45, 2.75) is 13.8 Å². The van der Waals surface area contributed by atoms with E-state index in [0.29, 0.717) is 11.2 Å². The normalized spacial score (nSPS) is 10.3. The Balaban J connectivity index is 2.17. The number of anilines is 1. The van der Waals surface area contributed by atoms with Gasteiger partial charge in [-0.3, -0.25) is 4.79 Å². The number of hydrogen-bond donors (Lipinski definition) is 3. The first-order valence-electron chi connectivity index (χ1n) is 5.97. The lowest BCUT2D eigenvalue weighted by atomic mass is 10.2. The van der Waals surface area contributed by atoms with Gasteiger partial charge in [0.2, 0.25) is 0 Å². The smallest absolute Gasteiger partial charge is 0.323 e. The van der Waals surface area contributed by atoms with E-state index in [2.05, 4.69) is 20.6 Å². The van der Waals surface area contributed by atoms with Gasteiger partial charge in [0, 0.05) is 5.69 Å². The molecule has 0 bridgehead atoms. The Morgan fingerprint density at radius 1 is 1.15 bits per heavy atom. The van der Waals surface area contributed by atoms with E-state index in [1.165, 1.54) is 0 Å². The maximum absolute atomic E-state index is 11.5. The Morgan fingerprint density at radius 2 is 1.80 bits per heavy atom. The van der Waals surface area contributed by atoms with Gasteiger partial charge in [-0.2, -0.15) is 0 Å². The number of carboxylic acid groups (broad SMARTS) is 1. The zero-order valence-electron chi connectivity index (χ0n) is 11.1. The van der Waals surface area contributed by atoms with Crippen LogP contribution in [0.15, 0.2) is 18.2 Å². The monoisotopic (exact) mass is 274 g/mol. The van der Waals surface area contributed by atoms with Crippen molar-refractivity contribution >= 4 is 28.7 Å². The number of hydrogen-bond acceptors (Lipinski definition) is 4. The van der Waals surface area contributed by atoms with Crippen LogP contribution in [-0.4, -0.2) is 33.6 Å². The number of aryl methyl sites for hydroxylation is 2. The highest BCUT2D eigenvalue weighted by Crippen LogP contribution is 2.17. The number of carbonyl (C=O) groups excluding carboxylic acids is 1. The van der Waals surface area contributed by atoms with Gasteiger partial charge in [-0.05, 0) is 32.0 Å². The zero-order chi connectivity index (χ0) is 14.7. The molecule has 0 aliphatic heterocycles. The highest BCUT2D eigenvalue weighted by molar-refractivity contribution is 5.93. The van der Waals surface area contributed by atoms with Gasteiger partial charge in [0.25, 0.3) is 0 Å². The topological polar surface area (TPSA) is 104 Å². The molecule has 1 aromatic carbocycles. The molecule has 104 valence electrons. The number of urea groups is 1. The molecule has 7 heteroatoms. The molecular formula is C13H14N4O3. The van der Waals surface area contributed by atoms with Crippen molar-refractivity contribution in [3.8, 4) is 0 Å². The van der Waals surface area contributed by atoms with Gasteiger partial charge < -0.3 is 15.7 Å². The summed E-state index contributed by atoms with van der Waals surface area (Å²) in [5, 5.41) is 13.2. The van der Waals surface area contributed by atoms with Gasteiger partial charge in [-0.1, -0.05) is 0 Å². The molecule has 7 nitrogen and oxygen atoms in total. The van der Waals surface area contributed by atoms with E-state index in [0.717, 1.165) is 16.9 Å². The van der Waals surface area contributed by atoms with Crippen LogP contribution in [0.4, 0.5) is 10.5 Å². The molecule has 1 aromatic heterocycles. The molecular weight excluding hydrogens is 260 g/mol. The fourth-order valence-electron chi connectivity index (χ4n) is 1.64. The summed E-state index contributed by atoms with van der Waals surface area (Å²) in [6, 6.07) is 4.55. The van der Waals surface area contributed by atoms with Gasteiger partial charge in [-0.25, -0.2) is 14.8 Å². The van der Waals surface area contributed by atoms with Crippen LogP contribution in [0.1, 0.15) is 11.4 Å². The summed E-state index contributed by atoms with van der Waals surface area (Å²) in [5.74, 6) is -1.10. The number of benzene rings is 1. The summed E-state index contributed by atoms with van der Waals surface area (Å²) in [4.78, 5) is 30.6. The molecule has 0 atom stereocenters. The number of aromatic nitrogens is 2. The third-order valence-electron chi connectivity index (χ3n) is 2.73. The number of carboxylic acids is 1. The van der Waals surface area contributed by atoms with Gasteiger partial charge in [0.1, 0.15) is 6.54 Å². The Bertz CT molecular complexity index is 685. The zero-order valence-corrected chi connectivity index (χ0v) is 11.1. The molecule has 0 saturated heterocycles. The lowest BCUT2D eigenvalue weighted by Gasteiger charge is -2.07. The molecule has 0 unspecified atom stereocenters. The minimum absolute atomic E-state index is 0.433. The first-order chi connectivity index (χ1) is 9.45. The number of carbonyl (C=O) groups is 2. The maximum Gasteiger partial charge on any atom is 0.323 e. The second-order valence-electron chi connectivity index (χ2n) is 4.30. The van der Waals surface area contributed by atoms with Crippen LogP contribution in [0.3, 0.4) is 0 Å². The number of amides is 2. The van der Waals surface area contributed by atoms with Crippen molar-refractivity contribution < 1.29 is 14.7 Å². The number of aliphatic carboxylic acids is 1. The predicted molar refractivity (Wildman–Crippen MR) is 73.7 cm³/mol. The quantitative estimate of drug-likeness (QED) is 0.785. The average Bonchev–Trinajstić information content (AvgIpc) is 2.38. The molecule has 0 saturated carbocycles. The van der Waals surface area contributed by atoms with Gasteiger partial charge in [0.15, 0.2) is 0 Å². The van der Waals surface area contributed by atoms with Crippen LogP contribution in [0, 0.1) is 13.8 Å². The van der Waals surface area contributed by atoms with Crippen molar-refractivity contribution in [1.82, 2.24) is 15.3 Å². The van der Waals surface area contributed by atoms with Crippen molar-refractivity contribution in [3.05, 3.63) is 29.6 Å². The number of rotatable bonds is 3. The van der Waals surface area contributed by atoms with Gasteiger partial charge in [-0.15, -0.1) is 0 Å². The molecule has 0 fully saturated rings. The van der Waals surface area contributed by atoms with E-state index in [9.17, 15) is 9.59 Å². The molecule has 1 heterocycles.